The molecule has 1 atom stereocenters. The van der Waals surface area contributed by atoms with Crippen LogP contribution < -0.4 is 5.32 Å². The van der Waals surface area contributed by atoms with Crippen LogP contribution in [0.25, 0.3) is 4.96 Å². The molecule has 3 aromatic rings. The van der Waals surface area contributed by atoms with Crippen LogP contribution in [0.2, 0.25) is 0 Å². The van der Waals surface area contributed by atoms with Crippen LogP contribution in [0.3, 0.4) is 0 Å². The van der Waals surface area contributed by atoms with Gasteiger partial charge in [-0.25, -0.2) is 9.97 Å². The van der Waals surface area contributed by atoms with Crippen molar-refractivity contribution >= 4 is 22.1 Å². The fourth-order valence-corrected chi connectivity index (χ4v) is 4.29. The van der Waals surface area contributed by atoms with E-state index in [0.29, 0.717) is 6.04 Å². The van der Waals surface area contributed by atoms with Gasteiger partial charge in [-0.1, -0.05) is 0 Å². The normalized spacial score (nSPS) is 18.8. The van der Waals surface area contributed by atoms with Gasteiger partial charge in [0.2, 0.25) is 0 Å². The number of aryl methyl sites for hydroxylation is 1. The first kappa shape index (κ1) is 14.7. The standard InChI is InChI=1S/C17H21N5S/c1-12-15(22-8-9-23-17(22)20-12)11-21-7-3-4-14(21)13-5-6-19-16(10-13)18-2/h5-6,8-10,14H,3-4,7,11H2,1-2H3,(H,18,19)/t14-/m1/s1. The van der Waals surface area contributed by atoms with Crippen molar-refractivity contribution in [3.8, 4) is 0 Å². The summed E-state index contributed by atoms with van der Waals surface area (Å²) in [6.45, 7) is 4.20. The third-order valence-electron chi connectivity index (χ3n) is 4.70. The third-order valence-corrected chi connectivity index (χ3v) is 5.46. The molecule has 0 aliphatic carbocycles. The van der Waals surface area contributed by atoms with Crippen molar-refractivity contribution in [1.82, 2.24) is 19.3 Å². The van der Waals surface area contributed by atoms with Gasteiger partial charge in [-0.15, -0.1) is 11.3 Å². The van der Waals surface area contributed by atoms with E-state index in [1.54, 1.807) is 11.3 Å². The molecule has 6 heteroatoms. The lowest BCUT2D eigenvalue weighted by atomic mass is 10.1. The zero-order valence-corrected chi connectivity index (χ0v) is 14.3. The van der Waals surface area contributed by atoms with Crippen LogP contribution in [0.1, 0.15) is 35.8 Å². The summed E-state index contributed by atoms with van der Waals surface area (Å²) in [5.74, 6) is 0.940. The minimum Gasteiger partial charge on any atom is -0.373 e. The van der Waals surface area contributed by atoms with Gasteiger partial charge < -0.3 is 5.32 Å². The predicted octanol–water partition coefficient (Wildman–Crippen LogP) is 3.48. The number of imidazole rings is 1. The highest BCUT2D eigenvalue weighted by Gasteiger charge is 2.27. The van der Waals surface area contributed by atoms with E-state index >= 15 is 0 Å². The van der Waals surface area contributed by atoms with Crippen molar-refractivity contribution in [2.24, 2.45) is 0 Å². The van der Waals surface area contributed by atoms with Gasteiger partial charge in [0.15, 0.2) is 4.96 Å². The fourth-order valence-electron chi connectivity index (χ4n) is 3.51. The molecule has 1 aliphatic heterocycles. The van der Waals surface area contributed by atoms with E-state index in [9.17, 15) is 0 Å². The Labute approximate surface area is 140 Å². The highest BCUT2D eigenvalue weighted by Crippen LogP contribution is 2.34. The van der Waals surface area contributed by atoms with Crippen LogP contribution >= 0.6 is 11.3 Å². The molecule has 1 saturated heterocycles. The quantitative estimate of drug-likeness (QED) is 0.797. The van der Waals surface area contributed by atoms with E-state index in [4.69, 9.17) is 0 Å². The molecule has 0 radical (unpaired) electrons. The van der Waals surface area contributed by atoms with Crippen LogP contribution in [0, 0.1) is 6.92 Å². The summed E-state index contributed by atoms with van der Waals surface area (Å²) in [6.07, 6.45) is 6.48. The molecule has 0 saturated carbocycles. The number of fused-ring (bicyclic) bond motifs is 1. The first-order chi connectivity index (χ1) is 11.3. The first-order valence-electron chi connectivity index (χ1n) is 8.05. The summed E-state index contributed by atoms with van der Waals surface area (Å²) in [5, 5.41) is 5.24. The molecule has 0 aromatic carbocycles. The number of hydrogen-bond donors (Lipinski definition) is 1. The number of rotatable bonds is 4. The van der Waals surface area contributed by atoms with Crippen molar-refractivity contribution in [3.05, 3.63) is 46.9 Å². The number of nitrogens with one attached hydrogen (secondary N) is 1. The largest absolute Gasteiger partial charge is 0.373 e. The van der Waals surface area contributed by atoms with Gasteiger partial charge in [-0.3, -0.25) is 9.30 Å². The van der Waals surface area contributed by atoms with Gasteiger partial charge in [0.25, 0.3) is 0 Å². The summed E-state index contributed by atoms with van der Waals surface area (Å²) in [7, 11) is 1.92. The Morgan fingerprint density at radius 1 is 1.43 bits per heavy atom. The Kier molecular flexibility index (Phi) is 3.79. The highest BCUT2D eigenvalue weighted by molar-refractivity contribution is 7.15. The molecule has 5 nitrogen and oxygen atoms in total. The number of nitrogens with zero attached hydrogens (tertiary/aromatic N) is 4. The number of anilines is 1. The third kappa shape index (κ3) is 2.62. The second kappa shape index (κ2) is 5.94. The minimum atomic E-state index is 0.466. The van der Waals surface area contributed by atoms with E-state index < -0.39 is 0 Å². The highest BCUT2D eigenvalue weighted by atomic mass is 32.1. The van der Waals surface area contributed by atoms with Crippen molar-refractivity contribution in [2.75, 3.05) is 18.9 Å². The second-order valence-corrected chi connectivity index (χ2v) is 6.93. The first-order valence-corrected chi connectivity index (χ1v) is 8.93. The maximum absolute atomic E-state index is 4.68. The maximum Gasteiger partial charge on any atom is 0.194 e. The number of pyridine rings is 1. The maximum atomic E-state index is 4.68. The Balaban J connectivity index is 1.62. The lowest BCUT2D eigenvalue weighted by molar-refractivity contribution is 0.244. The van der Waals surface area contributed by atoms with Gasteiger partial charge in [-0.05, 0) is 44.0 Å². The molecule has 23 heavy (non-hydrogen) atoms. The van der Waals surface area contributed by atoms with Crippen LogP contribution in [0.15, 0.2) is 29.9 Å². The summed E-state index contributed by atoms with van der Waals surface area (Å²) >= 11 is 1.70. The summed E-state index contributed by atoms with van der Waals surface area (Å²) in [4.78, 5) is 12.7. The average Bonchev–Trinajstić information content (AvgIpc) is 3.26. The lowest BCUT2D eigenvalue weighted by Gasteiger charge is -2.25. The summed E-state index contributed by atoms with van der Waals surface area (Å²) < 4.78 is 2.24. The van der Waals surface area contributed by atoms with E-state index in [1.807, 2.05) is 13.2 Å². The van der Waals surface area contributed by atoms with Gasteiger partial charge in [-0.2, -0.15) is 0 Å². The minimum absolute atomic E-state index is 0.466. The van der Waals surface area contributed by atoms with E-state index in [0.717, 1.165) is 29.6 Å². The zero-order valence-electron chi connectivity index (χ0n) is 13.5. The van der Waals surface area contributed by atoms with E-state index in [-0.39, 0.29) is 0 Å². The van der Waals surface area contributed by atoms with Crippen molar-refractivity contribution in [1.29, 1.82) is 0 Å². The molecule has 0 amide bonds. The van der Waals surface area contributed by atoms with E-state index in [2.05, 4.69) is 55.2 Å². The van der Waals surface area contributed by atoms with Crippen molar-refractivity contribution in [3.63, 3.8) is 0 Å². The fraction of sp³-hybridized carbons (Fsp3) is 0.412. The monoisotopic (exact) mass is 327 g/mol. The molecule has 1 N–H and O–H groups in total. The average molecular weight is 327 g/mol. The van der Waals surface area contributed by atoms with Crippen molar-refractivity contribution in [2.45, 2.75) is 32.4 Å². The molecular formula is C17H21N5S. The van der Waals surface area contributed by atoms with Gasteiger partial charge in [0.1, 0.15) is 5.82 Å². The molecular weight excluding hydrogens is 306 g/mol. The molecule has 4 heterocycles. The number of hydrogen-bond acceptors (Lipinski definition) is 5. The molecule has 0 bridgehead atoms. The number of likely N-dealkylation sites (tertiary alicyclic amines) is 1. The smallest absolute Gasteiger partial charge is 0.194 e. The van der Waals surface area contributed by atoms with Gasteiger partial charge in [0, 0.05) is 37.4 Å². The number of aromatic nitrogens is 3. The van der Waals surface area contributed by atoms with Crippen LogP contribution in [-0.4, -0.2) is 32.9 Å². The van der Waals surface area contributed by atoms with Crippen LogP contribution in [0.5, 0.6) is 0 Å². The number of thiazole rings is 1. The Morgan fingerprint density at radius 3 is 3.22 bits per heavy atom. The SMILES string of the molecule is CNc1cc([C@H]2CCCN2Cc2c(C)nc3sccn23)ccn1. The molecule has 1 aliphatic rings. The molecule has 0 unspecified atom stereocenters. The topological polar surface area (TPSA) is 45.5 Å². The summed E-state index contributed by atoms with van der Waals surface area (Å²) in [6, 6.07) is 4.79. The Hall–Kier alpha value is -1.92. The molecule has 4 rings (SSSR count). The van der Waals surface area contributed by atoms with E-state index in [1.165, 1.54) is 24.1 Å². The molecule has 1 fully saturated rings. The van der Waals surface area contributed by atoms with Gasteiger partial charge in [0.05, 0.1) is 11.4 Å². The van der Waals surface area contributed by atoms with Gasteiger partial charge >= 0.3 is 0 Å². The molecule has 3 aromatic heterocycles. The lowest BCUT2D eigenvalue weighted by Crippen LogP contribution is -2.24. The zero-order chi connectivity index (χ0) is 15.8. The molecule has 120 valence electrons. The summed E-state index contributed by atoms with van der Waals surface area (Å²) in [5.41, 5.74) is 3.81. The Morgan fingerprint density at radius 2 is 2.35 bits per heavy atom. The van der Waals surface area contributed by atoms with Crippen LogP contribution in [-0.2, 0) is 6.54 Å². The Bertz CT molecular complexity index is 821. The van der Waals surface area contributed by atoms with Crippen LogP contribution in [0.4, 0.5) is 5.82 Å². The second-order valence-electron chi connectivity index (χ2n) is 6.05. The van der Waals surface area contributed by atoms with Crippen molar-refractivity contribution < 1.29 is 0 Å². The predicted molar refractivity (Wildman–Crippen MR) is 94.0 cm³/mol. The molecule has 0 spiro atoms.